The van der Waals surface area contributed by atoms with Gasteiger partial charge in [0.1, 0.15) is 11.4 Å². The maximum atomic E-state index is 13.3. The van der Waals surface area contributed by atoms with Crippen LogP contribution in [0, 0.1) is 0 Å². The van der Waals surface area contributed by atoms with Crippen LogP contribution in [-0.4, -0.2) is 31.3 Å². The molecular weight excluding hydrogens is 404 g/mol. The molecule has 0 spiro atoms. The van der Waals surface area contributed by atoms with Crippen molar-refractivity contribution in [2.45, 2.75) is 19.6 Å². The summed E-state index contributed by atoms with van der Waals surface area (Å²) in [5.74, 6) is -0.408. The van der Waals surface area contributed by atoms with Gasteiger partial charge in [-0.15, -0.1) is 0 Å². The number of fused-ring (bicyclic) bond motifs is 2. The molecule has 4 heterocycles. The first-order valence-electron chi connectivity index (χ1n) is 10.2. The van der Waals surface area contributed by atoms with Gasteiger partial charge in [0.25, 0.3) is 11.8 Å². The van der Waals surface area contributed by atoms with Gasteiger partial charge in [0, 0.05) is 42.7 Å². The van der Waals surface area contributed by atoms with E-state index in [0.29, 0.717) is 25.3 Å². The third-order valence-corrected chi connectivity index (χ3v) is 5.44. The number of carbonyl (C=O) groups excluding carboxylic acids is 2. The number of hydrogen-bond donors (Lipinski definition) is 1. The molecule has 2 amide bonds. The van der Waals surface area contributed by atoms with E-state index in [1.54, 1.807) is 23.4 Å². The van der Waals surface area contributed by atoms with Gasteiger partial charge in [-0.25, -0.2) is 4.98 Å². The maximum absolute atomic E-state index is 13.3. The second kappa shape index (κ2) is 8.43. The zero-order valence-corrected chi connectivity index (χ0v) is 17.2. The molecule has 0 radical (unpaired) electrons. The Morgan fingerprint density at radius 3 is 2.59 bits per heavy atom. The minimum Gasteiger partial charge on any atom is -0.347 e. The van der Waals surface area contributed by atoms with Gasteiger partial charge in [0.2, 0.25) is 0 Å². The van der Waals surface area contributed by atoms with Crippen LogP contribution < -0.4 is 10.2 Å². The van der Waals surface area contributed by atoms with Gasteiger partial charge in [0.15, 0.2) is 0 Å². The fourth-order valence-corrected chi connectivity index (χ4v) is 3.86. The van der Waals surface area contributed by atoms with Crippen molar-refractivity contribution in [3.05, 3.63) is 108 Å². The lowest BCUT2D eigenvalue weighted by atomic mass is 10.1. The highest BCUT2D eigenvalue weighted by molar-refractivity contribution is 6.05. The maximum Gasteiger partial charge on any atom is 0.278 e. The molecule has 1 N–H and O–H groups in total. The fourth-order valence-electron chi connectivity index (χ4n) is 3.86. The average Bonchev–Trinajstić information content (AvgIpc) is 3.16. The third kappa shape index (κ3) is 3.74. The summed E-state index contributed by atoms with van der Waals surface area (Å²) in [5.41, 5.74) is 4.36. The highest BCUT2D eigenvalue weighted by Gasteiger charge is 2.27. The zero-order valence-electron chi connectivity index (χ0n) is 17.2. The van der Waals surface area contributed by atoms with E-state index in [1.807, 2.05) is 47.0 Å². The summed E-state index contributed by atoms with van der Waals surface area (Å²) in [6.45, 7) is 1.20. The minimum atomic E-state index is -0.234. The van der Waals surface area contributed by atoms with Crippen molar-refractivity contribution in [1.29, 1.82) is 0 Å². The van der Waals surface area contributed by atoms with Crippen molar-refractivity contribution in [3.8, 4) is 0 Å². The molecule has 0 bridgehead atoms. The van der Waals surface area contributed by atoms with Crippen molar-refractivity contribution < 1.29 is 9.59 Å². The zero-order chi connectivity index (χ0) is 21.9. The molecule has 3 aromatic heterocycles. The van der Waals surface area contributed by atoms with E-state index in [4.69, 9.17) is 0 Å². The standard InChI is InChI=1S/C24H20N6O2/c31-23(28-13-17-4-3-9-25-12-17)22-8-7-19-16-30(24(32)20-14-26-10-11-27-20)21-6-2-1-5-18(21)15-29(19)22/h1-12,14H,13,15-16H2,(H,28,31). The predicted molar refractivity (Wildman–Crippen MR) is 118 cm³/mol. The summed E-state index contributed by atoms with van der Waals surface area (Å²) in [6, 6.07) is 15.2. The Morgan fingerprint density at radius 1 is 0.906 bits per heavy atom. The predicted octanol–water partition coefficient (Wildman–Crippen LogP) is 2.81. The SMILES string of the molecule is O=C(NCc1cccnc1)c1ccc2n1Cc1ccccc1N(C(=O)c1cnccn1)C2. The lowest BCUT2D eigenvalue weighted by Crippen LogP contribution is -2.31. The molecule has 158 valence electrons. The third-order valence-electron chi connectivity index (χ3n) is 5.44. The van der Waals surface area contributed by atoms with E-state index in [9.17, 15) is 9.59 Å². The number of para-hydroxylation sites is 1. The van der Waals surface area contributed by atoms with Crippen molar-refractivity contribution in [3.63, 3.8) is 0 Å². The number of amides is 2. The van der Waals surface area contributed by atoms with E-state index < -0.39 is 0 Å². The van der Waals surface area contributed by atoms with Gasteiger partial charge < -0.3 is 14.8 Å². The van der Waals surface area contributed by atoms with Crippen molar-refractivity contribution >= 4 is 17.5 Å². The molecule has 4 aromatic rings. The highest BCUT2D eigenvalue weighted by Crippen LogP contribution is 2.30. The highest BCUT2D eigenvalue weighted by atomic mass is 16.2. The second-order valence-corrected chi connectivity index (χ2v) is 7.45. The molecule has 1 aromatic carbocycles. The number of benzene rings is 1. The van der Waals surface area contributed by atoms with E-state index in [0.717, 1.165) is 22.5 Å². The van der Waals surface area contributed by atoms with Gasteiger partial charge in [0.05, 0.1) is 19.3 Å². The van der Waals surface area contributed by atoms with Crippen LogP contribution in [0.4, 0.5) is 5.69 Å². The van der Waals surface area contributed by atoms with Gasteiger partial charge in [-0.05, 0) is 35.4 Å². The summed E-state index contributed by atoms with van der Waals surface area (Å²) in [7, 11) is 0. The number of carbonyl (C=O) groups is 2. The molecule has 0 atom stereocenters. The minimum absolute atomic E-state index is 0.175. The van der Waals surface area contributed by atoms with Crippen LogP contribution in [0.2, 0.25) is 0 Å². The van der Waals surface area contributed by atoms with Crippen molar-refractivity contribution in [1.82, 2.24) is 24.8 Å². The fraction of sp³-hybridized carbons (Fsp3) is 0.125. The van der Waals surface area contributed by atoms with Gasteiger partial charge in [-0.1, -0.05) is 24.3 Å². The Kier molecular flexibility index (Phi) is 5.17. The normalized spacial score (nSPS) is 12.4. The van der Waals surface area contributed by atoms with E-state index >= 15 is 0 Å². The Balaban J connectivity index is 1.46. The molecule has 8 heteroatoms. The van der Waals surface area contributed by atoms with Crippen molar-refractivity contribution in [2.24, 2.45) is 0 Å². The summed E-state index contributed by atoms with van der Waals surface area (Å²) in [4.78, 5) is 40.2. The number of nitrogens with zero attached hydrogens (tertiary/aromatic N) is 5. The van der Waals surface area contributed by atoms with Gasteiger partial charge in [-0.3, -0.25) is 19.6 Å². The van der Waals surface area contributed by atoms with E-state index in [-0.39, 0.29) is 17.5 Å². The molecule has 8 nitrogen and oxygen atoms in total. The molecule has 0 fully saturated rings. The Morgan fingerprint density at radius 2 is 1.78 bits per heavy atom. The van der Waals surface area contributed by atoms with Crippen LogP contribution in [0.5, 0.6) is 0 Å². The Bertz CT molecular complexity index is 1270. The quantitative estimate of drug-likeness (QED) is 0.544. The van der Waals surface area contributed by atoms with Crippen LogP contribution in [-0.2, 0) is 19.6 Å². The largest absolute Gasteiger partial charge is 0.347 e. The average molecular weight is 424 g/mol. The van der Waals surface area contributed by atoms with Crippen LogP contribution >= 0.6 is 0 Å². The topological polar surface area (TPSA) is 93.0 Å². The van der Waals surface area contributed by atoms with Gasteiger partial charge in [-0.2, -0.15) is 0 Å². The molecule has 32 heavy (non-hydrogen) atoms. The van der Waals surface area contributed by atoms with Crippen LogP contribution in [0.15, 0.2) is 79.5 Å². The molecule has 5 rings (SSSR count). The molecular formula is C24H20N6O2. The molecule has 0 saturated heterocycles. The lowest BCUT2D eigenvalue weighted by Gasteiger charge is -2.22. The molecule has 0 unspecified atom stereocenters. The summed E-state index contributed by atoms with van der Waals surface area (Å²) in [5, 5.41) is 2.96. The molecule has 0 saturated carbocycles. The summed E-state index contributed by atoms with van der Waals surface area (Å²) >= 11 is 0. The second-order valence-electron chi connectivity index (χ2n) is 7.45. The summed E-state index contributed by atoms with van der Waals surface area (Å²) in [6.07, 6.45) is 7.93. The Hall–Kier alpha value is -4.33. The monoisotopic (exact) mass is 424 g/mol. The molecule has 0 aliphatic carbocycles. The number of hydrogen-bond acceptors (Lipinski definition) is 5. The number of rotatable bonds is 4. The first kappa shape index (κ1) is 19.6. The number of aromatic nitrogens is 4. The van der Waals surface area contributed by atoms with Crippen LogP contribution in [0.1, 0.15) is 37.8 Å². The summed E-state index contributed by atoms with van der Waals surface area (Å²) < 4.78 is 1.96. The van der Waals surface area contributed by atoms with Gasteiger partial charge >= 0.3 is 0 Å². The smallest absolute Gasteiger partial charge is 0.278 e. The van der Waals surface area contributed by atoms with Crippen LogP contribution in [0.25, 0.3) is 0 Å². The van der Waals surface area contributed by atoms with Crippen molar-refractivity contribution in [2.75, 3.05) is 4.90 Å². The number of nitrogens with one attached hydrogen (secondary N) is 1. The molecule has 1 aliphatic heterocycles. The lowest BCUT2D eigenvalue weighted by molar-refractivity contribution is 0.0941. The van der Waals surface area contributed by atoms with E-state index in [1.165, 1.54) is 18.6 Å². The first-order valence-corrected chi connectivity index (χ1v) is 10.2. The Labute approximate surface area is 184 Å². The molecule has 1 aliphatic rings. The van der Waals surface area contributed by atoms with Crippen LogP contribution in [0.3, 0.4) is 0 Å². The number of anilines is 1. The first-order chi connectivity index (χ1) is 15.7. The van der Waals surface area contributed by atoms with E-state index in [2.05, 4.69) is 20.3 Å². The number of pyridine rings is 1.